The summed E-state index contributed by atoms with van der Waals surface area (Å²) in [7, 11) is 0. The normalized spacial score (nSPS) is 14.6. The second kappa shape index (κ2) is 6.67. The molecule has 2 aromatic rings. The lowest BCUT2D eigenvalue weighted by Gasteiger charge is -2.15. The second-order valence-corrected chi connectivity index (χ2v) is 7.43. The molecule has 21 heavy (non-hydrogen) atoms. The first-order chi connectivity index (χ1) is 10.1. The molecule has 0 radical (unpaired) electrons. The van der Waals surface area contributed by atoms with Gasteiger partial charge in [-0.2, -0.15) is 0 Å². The number of aryl methyl sites for hydroxylation is 1. The Morgan fingerprint density at radius 1 is 1.24 bits per heavy atom. The monoisotopic (exact) mass is 457 g/mol. The topological polar surface area (TPSA) is 35.2 Å². The van der Waals surface area contributed by atoms with Crippen molar-refractivity contribution in [1.82, 2.24) is 0 Å². The summed E-state index contributed by atoms with van der Waals surface area (Å²) < 4.78 is 7.86. The van der Waals surface area contributed by atoms with Gasteiger partial charge in [0.05, 0.1) is 6.61 Å². The van der Waals surface area contributed by atoms with Crippen molar-refractivity contribution in [3.05, 3.63) is 61.1 Å². The lowest BCUT2D eigenvalue weighted by Crippen LogP contribution is -2.13. The molecule has 0 fully saturated rings. The van der Waals surface area contributed by atoms with Crippen molar-refractivity contribution in [3.63, 3.8) is 0 Å². The fourth-order valence-electron chi connectivity index (χ4n) is 2.67. The molecule has 2 nitrogen and oxygen atoms in total. The van der Waals surface area contributed by atoms with Gasteiger partial charge in [0.15, 0.2) is 0 Å². The van der Waals surface area contributed by atoms with E-state index in [0.717, 1.165) is 36.1 Å². The quantitative estimate of drug-likeness (QED) is 0.680. The number of rotatable bonds is 4. The fourth-order valence-corrected chi connectivity index (χ4v) is 3.79. The minimum atomic E-state index is 0.0684. The maximum absolute atomic E-state index is 6.38. The van der Waals surface area contributed by atoms with Gasteiger partial charge in [0.2, 0.25) is 0 Å². The summed E-state index contributed by atoms with van der Waals surface area (Å²) in [5.74, 6) is 1.05. The van der Waals surface area contributed by atoms with Crippen molar-refractivity contribution in [3.8, 4) is 5.75 Å². The summed E-state index contributed by atoms with van der Waals surface area (Å²) in [6.45, 7) is 0.814. The molecule has 1 heterocycles. The minimum Gasteiger partial charge on any atom is -0.493 e. The minimum absolute atomic E-state index is 0.0684. The molecule has 110 valence electrons. The third kappa shape index (κ3) is 3.60. The van der Waals surface area contributed by atoms with Gasteiger partial charge in [-0.05, 0) is 76.4 Å². The first kappa shape index (κ1) is 15.3. The number of ether oxygens (including phenoxy) is 1. The zero-order chi connectivity index (χ0) is 14.8. The van der Waals surface area contributed by atoms with E-state index < -0.39 is 0 Å². The van der Waals surface area contributed by atoms with Crippen LogP contribution in [-0.2, 0) is 12.8 Å². The number of hydrogen-bond acceptors (Lipinski definition) is 2. The highest BCUT2D eigenvalue weighted by atomic mass is 127. The summed E-state index contributed by atoms with van der Waals surface area (Å²) in [6.07, 6.45) is 2.97. The lowest BCUT2D eigenvalue weighted by molar-refractivity contribution is 0.357. The Labute approximate surface area is 147 Å². The maximum atomic E-state index is 6.38. The zero-order valence-electron chi connectivity index (χ0n) is 11.6. The van der Waals surface area contributed by atoms with Gasteiger partial charge in [-0.1, -0.05) is 28.1 Å². The van der Waals surface area contributed by atoms with E-state index in [1.807, 2.05) is 0 Å². The molecule has 0 bridgehead atoms. The molecular formula is C17H17BrINO. The molecule has 4 heteroatoms. The fraction of sp³-hybridized carbons (Fsp3) is 0.294. The van der Waals surface area contributed by atoms with E-state index in [9.17, 15) is 0 Å². The highest BCUT2D eigenvalue weighted by Crippen LogP contribution is 2.28. The molecule has 0 aromatic heterocycles. The van der Waals surface area contributed by atoms with Crippen LogP contribution in [0.15, 0.2) is 40.9 Å². The van der Waals surface area contributed by atoms with Gasteiger partial charge in [0.25, 0.3) is 0 Å². The largest absolute Gasteiger partial charge is 0.493 e. The number of benzene rings is 2. The van der Waals surface area contributed by atoms with Gasteiger partial charge in [-0.3, -0.25) is 0 Å². The van der Waals surface area contributed by atoms with Crippen molar-refractivity contribution in [1.29, 1.82) is 0 Å². The van der Waals surface area contributed by atoms with Crippen LogP contribution in [-0.4, -0.2) is 6.61 Å². The Balaban J connectivity index is 1.68. The van der Waals surface area contributed by atoms with Gasteiger partial charge >= 0.3 is 0 Å². The molecule has 2 N–H and O–H groups in total. The molecule has 1 unspecified atom stereocenters. The number of nitrogens with two attached hydrogens (primary N) is 1. The molecule has 0 saturated heterocycles. The Kier molecular flexibility index (Phi) is 4.86. The summed E-state index contributed by atoms with van der Waals surface area (Å²) >= 11 is 5.87. The summed E-state index contributed by atoms with van der Waals surface area (Å²) in [5, 5.41) is 0. The van der Waals surface area contributed by atoms with E-state index in [2.05, 4.69) is 74.9 Å². The molecule has 0 spiro atoms. The van der Waals surface area contributed by atoms with Crippen LogP contribution < -0.4 is 10.5 Å². The molecule has 2 aromatic carbocycles. The van der Waals surface area contributed by atoms with E-state index in [1.165, 1.54) is 20.3 Å². The van der Waals surface area contributed by atoms with Crippen LogP contribution in [0.5, 0.6) is 5.75 Å². The summed E-state index contributed by atoms with van der Waals surface area (Å²) in [6, 6.07) is 12.9. The Morgan fingerprint density at radius 3 is 2.95 bits per heavy atom. The number of halogens is 2. The SMILES string of the molecule is NC(CCc1ccc2c(c1)CCO2)c1cc(Br)ccc1I. The molecular weight excluding hydrogens is 441 g/mol. The Bertz CT molecular complexity index is 659. The zero-order valence-corrected chi connectivity index (χ0v) is 15.4. The highest BCUT2D eigenvalue weighted by molar-refractivity contribution is 14.1. The highest BCUT2D eigenvalue weighted by Gasteiger charge is 2.14. The average Bonchev–Trinajstić information content (AvgIpc) is 2.94. The van der Waals surface area contributed by atoms with E-state index >= 15 is 0 Å². The summed E-state index contributed by atoms with van der Waals surface area (Å²) in [4.78, 5) is 0. The van der Waals surface area contributed by atoms with Gasteiger partial charge in [0.1, 0.15) is 5.75 Å². The first-order valence-electron chi connectivity index (χ1n) is 7.08. The van der Waals surface area contributed by atoms with Crippen LogP contribution >= 0.6 is 38.5 Å². The predicted octanol–water partition coefficient (Wildman–Crippen LogP) is 4.62. The smallest absolute Gasteiger partial charge is 0.122 e. The van der Waals surface area contributed by atoms with E-state index in [1.54, 1.807) is 0 Å². The van der Waals surface area contributed by atoms with Crippen molar-refractivity contribution in [2.75, 3.05) is 6.61 Å². The second-order valence-electron chi connectivity index (χ2n) is 5.35. The van der Waals surface area contributed by atoms with E-state index in [4.69, 9.17) is 10.5 Å². The Hall–Kier alpha value is -0.590. The molecule has 1 aliphatic rings. The van der Waals surface area contributed by atoms with Crippen LogP contribution in [0.2, 0.25) is 0 Å². The first-order valence-corrected chi connectivity index (χ1v) is 8.96. The van der Waals surface area contributed by atoms with Gasteiger partial charge in [-0.15, -0.1) is 0 Å². The molecule has 1 atom stereocenters. The molecule has 0 aliphatic carbocycles. The van der Waals surface area contributed by atoms with Crippen LogP contribution in [0.1, 0.15) is 29.2 Å². The van der Waals surface area contributed by atoms with Crippen molar-refractivity contribution in [2.24, 2.45) is 5.73 Å². The van der Waals surface area contributed by atoms with E-state index in [0.29, 0.717) is 0 Å². The molecule has 1 aliphatic heterocycles. The van der Waals surface area contributed by atoms with Gasteiger partial charge in [0, 0.05) is 20.5 Å². The van der Waals surface area contributed by atoms with Crippen LogP contribution in [0.4, 0.5) is 0 Å². The number of fused-ring (bicyclic) bond motifs is 1. The third-order valence-electron chi connectivity index (χ3n) is 3.86. The Morgan fingerprint density at radius 2 is 2.10 bits per heavy atom. The molecule has 0 amide bonds. The van der Waals surface area contributed by atoms with Crippen LogP contribution in [0.3, 0.4) is 0 Å². The maximum Gasteiger partial charge on any atom is 0.122 e. The number of hydrogen-bond donors (Lipinski definition) is 1. The van der Waals surface area contributed by atoms with Gasteiger partial charge in [-0.25, -0.2) is 0 Å². The molecule has 0 saturated carbocycles. The van der Waals surface area contributed by atoms with Gasteiger partial charge < -0.3 is 10.5 Å². The average molecular weight is 458 g/mol. The van der Waals surface area contributed by atoms with Crippen molar-refractivity contribution in [2.45, 2.75) is 25.3 Å². The lowest BCUT2D eigenvalue weighted by atomic mass is 9.98. The molecule has 3 rings (SSSR count). The summed E-state index contributed by atoms with van der Waals surface area (Å²) in [5.41, 5.74) is 10.3. The van der Waals surface area contributed by atoms with Crippen molar-refractivity contribution >= 4 is 38.5 Å². The van der Waals surface area contributed by atoms with Crippen LogP contribution in [0.25, 0.3) is 0 Å². The van der Waals surface area contributed by atoms with Crippen molar-refractivity contribution < 1.29 is 4.74 Å². The standard InChI is InChI=1S/C17H17BrINO/c18-13-3-4-15(19)14(10-13)16(20)5-1-11-2-6-17-12(9-11)7-8-21-17/h2-4,6,9-10,16H,1,5,7-8,20H2. The van der Waals surface area contributed by atoms with E-state index in [-0.39, 0.29) is 6.04 Å². The van der Waals surface area contributed by atoms with Crippen LogP contribution in [0, 0.1) is 3.57 Å². The third-order valence-corrected chi connectivity index (χ3v) is 5.33. The predicted molar refractivity (Wildman–Crippen MR) is 97.7 cm³/mol.